The van der Waals surface area contributed by atoms with Crippen LogP contribution in [0.3, 0.4) is 0 Å². The summed E-state index contributed by atoms with van der Waals surface area (Å²) in [6.07, 6.45) is -3.65. The lowest BCUT2D eigenvalue weighted by Crippen LogP contribution is -2.34. The third kappa shape index (κ3) is 2.23. The van der Waals surface area contributed by atoms with E-state index in [-0.39, 0.29) is 11.3 Å². The minimum Gasteiger partial charge on any atom is -0.398 e. The van der Waals surface area contributed by atoms with Crippen LogP contribution in [-0.2, 0) is 4.79 Å². The van der Waals surface area contributed by atoms with Crippen molar-refractivity contribution in [1.82, 2.24) is 0 Å². The van der Waals surface area contributed by atoms with Crippen LogP contribution in [0.4, 0.5) is 10.1 Å². The van der Waals surface area contributed by atoms with Gasteiger partial charge in [-0.05, 0) is 12.1 Å². The molecule has 82 valence electrons. The molecule has 15 heavy (non-hydrogen) atoms. The highest BCUT2D eigenvalue weighted by Gasteiger charge is 2.27. The Balaban J connectivity index is 3.10. The molecule has 0 spiro atoms. The van der Waals surface area contributed by atoms with Crippen molar-refractivity contribution in [1.29, 1.82) is 0 Å². The number of nitrogens with two attached hydrogens (primary N) is 2. The van der Waals surface area contributed by atoms with Gasteiger partial charge in [0, 0.05) is 11.3 Å². The van der Waals surface area contributed by atoms with E-state index in [0.29, 0.717) is 0 Å². The van der Waals surface area contributed by atoms with Crippen molar-refractivity contribution in [3.63, 3.8) is 0 Å². The molecule has 1 aromatic rings. The first-order valence-corrected chi connectivity index (χ1v) is 4.14. The number of carbonyl (C=O) groups excluding carboxylic acids is 1. The van der Waals surface area contributed by atoms with Crippen molar-refractivity contribution in [2.45, 2.75) is 12.2 Å². The first-order valence-electron chi connectivity index (χ1n) is 4.14. The number of rotatable bonds is 3. The van der Waals surface area contributed by atoms with E-state index in [2.05, 4.69) is 0 Å². The number of halogens is 1. The molecule has 0 aliphatic carbocycles. The summed E-state index contributed by atoms with van der Waals surface area (Å²) in [7, 11) is 0. The molecule has 0 aliphatic rings. The molecule has 0 saturated carbocycles. The van der Waals surface area contributed by atoms with Crippen molar-refractivity contribution in [3.8, 4) is 0 Å². The van der Waals surface area contributed by atoms with Gasteiger partial charge >= 0.3 is 0 Å². The molecule has 2 unspecified atom stereocenters. The van der Waals surface area contributed by atoms with Crippen LogP contribution >= 0.6 is 0 Å². The van der Waals surface area contributed by atoms with E-state index in [1.54, 1.807) is 0 Å². The zero-order chi connectivity index (χ0) is 11.6. The quantitative estimate of drug-likeness (QED) is 0.498. The lowest BCUT2D eigenvalue weighted by Gasteiger charge is -2.17. The molecule has 0 heterocycles. The van der Waals surface area contributed by atoms with Crippen molar-refractivity contribution in [3.05, 3.63) is 29.6 Å². The maximum Gasteiger partial charge on any atom is 0.249 e. The van der Waals surface area contributed by atoms with Crippen LogP contribution in [0.5, 0.6) is 0 Å². The van der Waals surface area contributed by atoms with Crippen LogP contribution in [0, 0.1) is 5.82 Å². The molecule has 2 atom stereocenters. The second-order valence-electron chi connectivity index (χ2n) is 3.03. The third-order valence-electron chi connectivity index (χ3n) is 1.97. The number of aliphatic hydroxyl groups is 2. The molecule has 6 heteroatoms. The largest absolute Gasteiger partial charge is 0.398 e. The molecule has 0 fully saturated rings. The van der Waals surface area contributed by atoms with Crippen LogP contribution in [0.15, 0.2) is 18.2 Å². The summed E-state index contributed by atoms with van der Waals surface area (Å²) in [5.74, 6) is -1.95. The van der Waals surface area contributed by atoms with Gasteiger partial charge in [-0.2, -0.15) is 0 Å². The minimum atomic E-state index is -1.89. The Morgan fingerprint density at radius 2 is 2.00 bits per heavy atom. The fourth-order valence-corrected chi connectivity index (χ4v) is 1.18. The van der Waals surface area contributed by atoms with Gasteiger partial charge < -0.3 is 21.7 Å². The molecule has 5 nitrogen and oxygen atoms in total. The first kappa shape index (κ1) is 11.4. The molecule has 0 aromatic heterocycles. The normalized spacial score (nSPS) is 14.6. The molecule has 0 bridgehead atoms. The van der Waals surface area contributed by atoms with Crippen molar-refractivity contribution in [2.75, 3.05) is 5.73 Å². The van der Waals surface area contributed by atoms with Gasteiger partial charge in [0.15, 0.2) is 6.10 Å². The number of anilines is 1. The molecule has 0 saturated heterocycles. The summed E-state index contributed by atoms with van der Waals surface area (Å²) < 4.78 is 13.2. The van der Waals surface area contributed by atoms with E-state index in [1.807, 2.05) is 0 Å². The molecule has 6 N–H and O–H groups in total. The minimum absolute atomic E-state index is 0.0530. The number of hydrogen-bond donors (Lipinski definition) is 4. The fraction of sp³-hybridized carbons (Fsp3) is 0.222. The van der Waals surface area contributed by atoms with Crippen LogP contribution in [0.25, 0.3) is 0 Å². The highest BCUT2D eigenvalue weighted by atomic mass is 19.1. The number of primary amides is 1. The SMILES string of the molecule is NC(=O)C(O)C(O)c1c(N)cccc1F. The maximum atomic E-state index is 13.2. The average molecular weight is 214 g/mol. The van der Waals surface area contributed by atoms with Crippen LogP contribution in [-0.4, -0.2) is 22.2 Å². The third-order valence-corrected chi connectivity index (χ3v) is 1.97. The summed E-state index contributed by atoms with van der Waals surface area (Å²) in [6, 6.07) is 3.75. The van der Waals surface area contributed by atoms with E-state index in [0.717, 1.165) is 6.07 Å². The Morgan fingerprint density at radius 3 is 2.47 bits per heavy atom. The lowest BCUT2D eigenvalue weighted by atomic mass is 10.0. The Morgan fingerprint density at radius 1 is 1.40 bits per heavy atom. The van der Waals surface area contributed by atoms with Gasteiger partial charge in [0.05, 0.1) is 0 Å². The summed E-state index contributed by atoms with van der Waals surface area (Å²) in [5.41, 5.74) is 9.78. The zero-order valence-corrected chi connectivity index (χ0v) is 7.72. The molecule has 0 radical (unpaired) electrons. The number of amides is 1. The van der Waals surface area contributed by atoms with Gasteiger partial charge in [0.25, 0.3) is 0 Å². The Kier molecular flexibility index (Phi) is 3.23. The second kappa shape index (κ2) is 4.24. The summed E-state index contributed by atoms with van der Waals surface area (Å²) in [4.78, 5) is 10.6. The maximum absolute atomic E-state index is 13.2. The van der Waals surface area contributed by atoms with E-state index in [4.69, 9.17) is 16.6 Å². The average Bonchev–Trinajstić information content (AvgIpc) is 2.15. The van der Waals surface area contributed by atoms with Gasteiger partial charge in [-0.3, -0.25) is 4.79 Å². The van der Waals surface area contributed by atoms with Crippen molar-refractivity contribution < 1.29 is 19.4 Å². The highest BCUT2D eigenvalue weighted by Crippen LogP contribution is 2.25. The lowest BCUT2D eigenvalue weighted by molar-refractivity contribution is -0.132. The van der Waals surface area contributed by atoms with Gasteiger partial charge in [-0.25, -0.2) is 4.39 Å². The smallest absolute Gasteiger partial charge is 0.249 e. The topological polar surface area (TPSA) is 110 Å². The zero-order valence-electron chi connectivity index (χ0n) is 7.72. The Bertz CT molecular complexity index is 363. The summed E-state index contributed by atoms with van der Waals surface area (Å²) in [6.45, 7) is 0. The number of benzene rings is 1. The van der Waals surface area contributed by atoms with E-state index >= 15 is 0 Å². The van der Waals surface area contributed by atoms with Crippen LogP contribution in [0.1, 0.15) is 11.7 Å². The molecular formula is C9H11FN2O3. The van der Waals surface area contributed by atoms with Crippen LogP contribution in [0.2, 0.25) is 0 Å². The number of aliphatic hydroxyl groups excluding tert-OH is 2. The van der Waals surface area contributed by atoms with Gasteiger partial charge in [-0.15, -0.1) is 0 Å². The van der Waals surface area contributed by atoms with E-state index < -0.39 is 23.9 Å². The van der Waals surface area contributed by atoms with E-state index in [9.17, 15) is 14.3 Å². The highest BCUT2D eigenvalue weighted by molar-refractivity contribution is 5.79. The Labute approximate surface area is 85.1 Å². The van der Waals surface area contributed by atoms with Gasteiger partial charge in [-0.1, -0.05) is 6.07 Å². The summed E-state index contributed by atoms with van der Waals surface area (Å²) in [5, 5.41) is 18.6. The molecule has 1 aromatic carbocycles. The van der Waals surface area contributed by atoms with E-state index in [1.165, 1.54) is 12.1 Å². The molecule has 1 amide bonds. The van der Waals surface area contributed by atoms with Crippen molar-refractivity contribution >= 4 is 11.6 Å². The standard InChI is InChI=1S/C9H11FN2O3/c10-4-2-1-3-5(11)6(4)7(13)8(14)9(12)15/h1-3,7-8,13-14H,11H2,(H2,12,15). The fourth-order valence-electron chi connectivity index (χ4n) is 1.18. The number of nitrogen functional groups attached to an aromatic ring is 1. The van der Waals surface area contributed by atoms with Gasteiger partial charge in [0.1, 0.15) is 11.9 Å². The van der Waals surface area contributed by atoms with Crippen LogP contribution < -0.4 is 11.5 Å². The Hall–Kier alpha value is -1.66. The monoisotopic (exact) mass is 214 g/mol. The summed E-state index contributed by atoms with van der Waals surface area (Å²) >= 11 is 0. The second-order valence-corrected chi connectivity index (χ2v) is 3.03. The number of carbonyl (C=O) groups is 1. The number of hydrogen-bond acceptors (Lipinski definition) is 4. The molecular weight excluding hydrogens is 203 g/mol. The van der Waals surface area contributed by atoms with Gasteiger partial charge in [0.2, 0.25) is 5.91 Å². The predicted molar refractivity (Wildman–Crippen MR) is 51.0 cm³/mol. The first-order chi connectivity index (χ1) is 6.95. The molecule has 0 aliphatic heterocycles. The van der Waals surface area contributed by atoms with Crippen molar-refractivity contribution in [2.24, 2.45) is 5.73 Å². The predicted octanol–water partition coefficient (Wildman–Crippen LogP) is -0.713. The molecule has 1 rings (SSSR count).